The second-order valence-corrected chi connectivity index (χ2v) is 16.7. The molecule has 1 fully saturated rings. The zero-order chi connectivity index (χ0) is 40.3. The van der Waals surface area contributed by atoms with Gasteiger partial charge in [0.1, 0.15) is 12.6 Å². The number of benzene rings is 2. The molecule has 2 heterocycles. The summed E-state index contributed by atoms with van der Waals surface area (Å²) in [6.07, 6.45) is -0.506. The van der Waals surface area contributed by atoms with Gasteiger partial charge in [0, 0.05) is 40.2 Å². The van der Waals surface area contributed by atoms with E-state index in [1.54, 1.807) is 21.7 Å². The molecule has 0 spiro atoms. The average Bonchev–Trinajstić information content (AvgIpc) is 3.49. The molecular weight excluding hydrogens is 723 g/mol. The standard InChI is InChI=1S/C40H55N7O7S/c1-7-29(4)38(47-21-20-45(40(47)51)26-34-15-11-14-33(42-34)25-44(6)30(5)48)39(50)43-36(22-31-12-9-8-10-13-31)37(49)27-46(24-28(2)3)55(53,54)35-18-16-32(17-19-35)23-41-52/h8-19,28-29,36-38,49H,7,20-27H2,1-6H3,(H,43,50)/t29-,36-,37+,38-/m0/s1. The Kier molecular flexibility index (Phi) is 15.4. The SMILES string of the molecule is CC[C@H](C)[C@@H](C(=O)N[C@@H](Cc1ccccc1)[C@H](O)CN(CC(C)C)S(=O)(=O)c1ccc(CN=O)cc1)N1CCN(Cc2cccc(CN(C)C(C)=O)n2)C1=O. The highest BCUT2D eigenvalue weighted by Crippen LogP contribution is 2.24. The lowest BCUT2D eigenvalue weighted by molar-refractivity contribution is -0.129. The Labute approximate surface area is 324 Å². The third-order valence-corrected chi connectivity index (χ3v) is 11.8. The number of hydrogen-bond donors (Lipinski definition) is 2. The molecule has 15 heteroatoms. The smallest absolute Gasteiger partial charge is 0.321 e. The van der Waals surface area contributed by atoms with E-state index in [1.807, 2.05) is 76.2 Å². The number of nitrogens with one attached hydrogen (secondary N) is 1. The number of aliphatic hydroxyl groups excluding tert-OH is 1. The van der Waals surface area contributed by atoms with Gasteiger partial charge in [-0.2, -0.15) is 9.21 Å². The first-order valence-electron chi connectivity index (χ1n) is 18.8. The summed E-state index contributed by atoms with van der Waals surface area (Å²) in [6.45, 7) is 10.1. The highest BCUT2D eigenvalue weighted by molar-refractivity contribution is 7.89. The van der Waals surface area contributed by atoms with Crippen molar-refractivity contribution in [2.24, 2.45) is 17.0 Å². The molecule has 4 atom stereocenters. The van der Waals surface area contributed by atoms with Crippen molar-refractivity contribution in [1.82, 2.24) is 29.3 Å². The van der Waals surface area contributed by atoms with Gasteiger partial charge in [-0.15, -0.1) is 0 Å². The highest BCUT2D eigenvalue weighted by atomic mass is 32.2. The van der Waals surface area contributed by atoms with Crippen LogP contribution in [0.3, 0.4) is 0 Å². The van der Waals surface area contributed by atoms with Crippen LogP contribution in [0, 0.1) is 16.7 Å². The molecule has 14 nitrogen and oxygen atoms in total. The van der Waals surface area contributed by atoms with Crippen LogP contribution in [0.25, 0.3) is 0 Å². The van der Waals surface area contributed by atoms with Crippen molar-refractivity contribution in [2.45, 2.75) is 90.2 Å². The topological polar surface area (TPSA) is 173 Å². The van der Waals surface area contributed by atoms with Gasteiger partial charge in [0.05, 0.1) is 41.5 Å². The number of aliphatic hydroxyl groups is 1. The van der Waals surface area contributed by atoms with Crippen molar-refractivity contribution < 1.29 is 27.9 Å². The molecule has 298 valence electrons. The van der Waals surface area contributed by atoms with E-state index >= 15 is 0 Å². The average molecular weight is 778 g/mol. The van der Waals surface area contributed by atoms with Gasteiger partial charge < -0.3 is 25.1 Å². The second-order valence-electron chi connectivity index (χ2n) is 14.7. The number of nitroso groups, excluding NO2 is 1. The summed E-state index contributed by atoms with van der Waals surface area (Å²) < 4.78 is 29.1. The van der Waals surface area contributed by atoms with E-state index in [0.29, 0.717) is 43.0 Å². The number of sulfonamides is 1. The normalized spacial score (nSPS) is 15.5. The zero-order valence-corrected chi connectivity index (χ0v) is 33.5. The maximum Gasteiger partial charge on any atom is 0.321 e. The van der Waals surface area contributed by atoms with Crippen LogP contribution in [-0.4, -0.2) is 107 Å². The van der Waals surface area contributed by atoms with Crippen LogP contribution in [0.1, 0.15) is 63.6 Å². The molecule has 2 aromatic carbocycles. The first kappa shape index (κ1) is 43.0. The van der Waals surface area contributed by atoms with Crippen LogP contribution in [0.4, 0.5) is 4.79 Å². The van der Waals surface area contributed by atoms with Gasteiger partial charge >= 0.3 is 6.03 Å². The first-order valence-corrected chi connectivity index (χ1v) is 20.2. The summed E-state index contributed by atoms with van der Waals surface area (Å²) >= 11 is 0. The molecule has 0 saturated carbocycles. The van der Waals surface area contributed by atoms with Gasteiger partial charge in [0.25, 0.3) is 0 Å². The van der Waals surface area contributed by atoms with Gasteiger partial charge in [-0.3, -0.25) is 14.6 Å². The molecular formula is C40H55N7O7S. The van der Waals surface area contributed by atoms with Gasteiger partial charge in [0.2, 0.25) is 21.8 Å². The summed E-state index contributed by atoms with van der Waals surface area (Å²) in [5.41, 5.74) is 2.77. The fourth-order valence-corrected chi connectivity index (χ4v) is 8.24. The third-order valence-electron chi connectivity index (χ3n) is 9.93. The van der Waals surface area contributed by atoms with Crippen molar-refractivity contribution in [3.63, 3.8) is 0 Å². The van der Waals surface area contributed by atoms with Crippen molar-refractivity contribution in [1.29, 1.82) is 0 Å². The number of pyridine rings is 1. The lowest BCUT2D eigenvalue weighted by Crippen LogP contribution is -2.57. The van der Waals surface area contributed by atoms with Crippen molar-refractivity contribution in [2.75, 3.05) is 33.2 Å². The fraction of sp³-hybridized carbons (Fsp3) is 0.500. The molecule has 3 aromatic rings. The number of aromatic nitrogens is 1. The Morgan fingerprint density at radius 2 is 1.62 bits per heavy atom. The summed E-state index contributed by atoms with van der Waals surface area (Å²) in [4.78, 5) is 60.2. The minimum absolute atomic E-state index is 0.0119. The zero-order valence-electron chi connectivity index (χ0n) is 32.7. The van der Waals surface area contributed by atoms with E-state index in [1.165, 1.54) is 35.5 Å². The molecule has 0 unspecified atom stereocenters. The minimum atomic E-state index is -4.09. The van der Waals surface area contributed by atoms with E-state index in [9.17, 15) is 32.8 Å². The quantitative estimate of drug-likeness (QED) is 0.159. The van der Waals surface area contributed by atoms with E-state index in [4.69, 9.17) is 0 Å². The molecule has 55 heavy (non-hydrogen) atoms. The molecule has 1 aromatic heterocycles. The van der Waals surface area contributed by atoms with Crippen LogP contribution >= 0.6 is 0 Å². The van der Waals surface area contributed by atoms with Crippen molar-refractivity contribution >= 4 is 27.9 Å². The molecule has 0 radical (unpaired) electrons. The Morgan fingerprint density at radius 3 is 2.24 bits per heavy atom. The molecule has 0 aliphatic carbocycles. The molecule has 1 aliphatic heterocycles. The summed E-state index contributed by atoms with van der Waals surface area (Å²) in [7, 11) is -2.39. The van der Waals surface area contributed by atoms with Gasteiger partial charge in [-0.25, -0.2) is 13.2 Å². The lowest BCUT2D eigenvalue weighted by Gasteiger charge is -2.35. The monoisotopic (exact) mass is 777 g/mol. The maximum absolute atomic E-state index is 14.4. The summed E-state index contributed by atoms with van der Waals surface area (Å²) in [5.74, 6) is -0.840. The van der Waals surface area contributed by atoms with E-state index in [2.05, 4.69) is 15.5 Å². The Balaban J connectivity index is 1.57. The summed E-state index contributed by atoms with van der Waals surface area (Å²) in [6, 6.07) is 18.7. The number of nitrogens with zero attached hydrogens (tertiary/aromatic N) is 6. The van der Waals surface area contributed by atoms with Crippen LogP contribution in [-0.2, 0) is 45.7 Å². The van der Waals surface area contributed by atoms with Gasteiger partial charge in [-0.1, -0.05) is 87.8 Å². The number of hydrogen-bond acceptors (Lipinski definition) is 9. The highest BCUT2D eigenvalue weighted by Gasteiger charge is 2.41. The minimum Gasteiger partial charge on any atom is -0.390 e. The number of amides is 4. The number of carbonyl (C=O) groups is 3. The van der Waals surface area contributed by atoms with Crippen LogP contribution in [0.15, 0.2) is 82.9 Å². The van der Waals surface area contributed by atoms with Crippen molar-refractivity contribution in [3.8, 4) is 0 Å². The van der Waals surface area contributed by atoms with Crippen molar-refractivity contribution in [3.05, 3.63) is 100 Å². The van der Waals surface area contributed by atoms with Gasteiger partial charge in [0.15, 0.2) is 0 Å². The Hall–Kier alpha value is -4.73. The van der Waals surface area contributed by atoms with Crippen LogP contribution in [0.5, 0.6) is 0 Å². The van der Waals surface area contributed by atoms with E-state index in [-0.39, 0.29) is 61.3 Å². The van der Waals surface area contributed by atoms with Gasteiger partial charge in [-0.05, 0) is 53.6 Å². The summed E-state index contributed by atoms with van der Waals surface area (Å²) in [5, 5.41) is 17.8. The number of rotatable bonds is 20. The predicted molar refractivity (Wildman–Crippen MR) is 210 cm³/mol. The maximum atomic E-state index is 14.4. The predicted octanol–water partition coefficient (Wildman–Crippen LogP) is 4.41. The lowest BCUT2D eigenvalue weighted by atomic mass is 9.95. The second kappa shape index (κ2) is 19.7. The first-order chi connectivity index (χ1) is 26.1. The fourth-order valence-electron chi connectivity index (χ4n) is 6.62. The molecule has 1 saturated heterocycles. The van der Waals surface area contributed by atoms with E-state index < -0.39 is 34.1 Å². The number of urea groups is 1. The van der Waals surface area contributed by atoms with Crippen LogP contribution in [0.2, 0.25) is 0 Å². The molecule has 1 aliphatic rings. The Morgan fingerprint density at radius 1 is 0.945 bits per heavy atom. The molecule has 2 N–H and O–H groups in total. The van der Waals surface area contributed by atoms with Crippen LogP contribution < -0.4 is 5.32 Å². The molecule has 0 bridgehead atoms. The number of carbonyl (C=O) groups excluding carboxylic acids is 3. The van der Waals surface area contributed by atoms with E-state index in [0.717, 1.165) is 5.56 Å². The Bertz CT molecular complexity index is 1860. The molecule has 4 amide bonds. The third kappa shape index (κ3) is 11.6. The largest absolute Gasteiger partial charge is 0.390 e. The molecule has 4 rings (SSSR count).